The Hall–Kier alpha value is -3.36. The summed E-state index contributed by atoms with van der Waals surface area (Å²) >= 11 is 0. The van der Waals surface area contributed by atoms with Gasteiger partial charge in [0.2, 0.25) is 0 Å². The first kappa shape index (κ1) is 19.0. The highest BCUT2D eigenvalue weighted by Gasteiger charge is 2.22. The predicted octanol–water partition coefficient (Wildman–Crippen LogP) is 2.82. The number of halogens is 1. The van der Waals surface area contributed by atoms with Crippen LogP contribution in [0.2, 0.25) is 0 Å². The van der Waals surface area contributed by atoms with Crippen molar-refractivity contribution in [3.05, 3.63) is 47.0 Å². The lowest BCUT2D eigenvalue weighted by Gasteiger charge is -2.11. The number of pyridine rings is 1. The highest BCUT2D eigenvalue weighted by Crippen LogP contribution is 2.27. The maximum Gasteiger partial charge on any atom is 0.267 e. The van der Waals surface area contributed by atoms with Crippen molar-refractivity contribution < 1.29 is 14.0 Å². The molecule has 2 amide bonds. The molecule has 3 N–H and O–H groups in total. The molecule has 1 aromatic carbocycles. The number of benzene rings is 1. The van der Waals surface area contributed by atoms with Crippen molar-refractivity contribution in [2.45, 2.75) is 39.2 Å². The number of primary amides is 1. The molecule has 29 heavy (non-hydrogen) atoms. The molecule has 1 aliphatic rings. The first-order chi connectivity index (χ1) is 13.9. The summed E-state index contributed by atoms with van der Waals surface area (Å²) in [6.07, 6.45) is 4.79. The summed E-state index contributed by atoms with van der Waals surface area (Å²) in [5.74, 6) is -1.16. The van der Waals surface area contributed by atoms with E-state index in [9.17, 15) is 14.0 Å². The Kier molecular flexibility index (Phi) is 4.96. The lowest BCUT2D eigenvalue weighted by Crippen LogP contribution is -2.18. The van der Waals surface area contributed by atoms with Crippen LogP contribution in [-0.2, 0) is 6.54 Å². The van der Waals surface area contributed by atoms with Crippen LogP contribution >= 0.6 is 0 Å². The van der Waals surface area contributed by atoms with E-state index in [4.69, 9.17) is 5.73 Å². The largest absolute Gasteiger partial charge is 0.364 e. The Labute approximate surface area is 166 Å². The van der Waals surface area contributed by atoms with Crippen LogP contribution in [0.5, 0.6) is 0 Å². The summed E-state index contributed by atoms with van der Waals surface area (Å²) in [5.41, 5.74) is 6.06. The molecule has 0 atom stereocenters. The normalized spacial score (nSPS) is 14.4. The fourth-order valence-electron chi connectivity index (χ4n) is 3.81. The number of nitrogens with zero attached hydrogens (tertiary/aromatic N) is 4. The zero-order valence-corrected chi connectivity index (χ0v) is 16.0. The molecular weight excluding hydrogens is 375 g/mol. The van der Waals surface area contributed by atoms with E-state index >= 15 is 0 Å². The van der Waals surface area contributed by atoms with E-state index in [1.807, 2.05) is 6.92 Å². The maximum absolute atomic E-state index is 14.4. The SMILES string of the molecule is Cc1c(NC(=O)c2cc(C(N)=O)nc3cccc(F)c23)nnn1CC1CCCC1. The van der Waals surface area contributed by atoms with Crippen LogP contribution in [0.1, 0.15) is 52.2 Å². The summed E-state index contributed by atoms with van der Waals surface area (Å²) in [6, 6.07) is 5.40. The number of rotatable bonds is 5. The lowest BCUT2D eigenvalue weighted by molar-refractivity contribution is 0.0996. The molecule has 3 aromatic rings. The highest BCUT2D eigenvalue weighted by molar-refractivity contribution is 6.13. The van der Waals surface area contributed by atoms with E-state index in [2.05, 4.69) is 20.6 Å². The van der Waals surface area contributed by atoms with E-state index < -0.39 is 17.6 Å². The molecule has 0 unspecified atom stereocenters. The minimum atomic E-state index is -0.802. The molecule has 1 fully saturated rings. The molecule has 9 heteroatoms. The average Bonchev–Trinajstić information content (AvgIpc) is 3.33. The van der Waals surface area contributed by atoms with Gasteiger partial charge in [-0.3, -0.25) is 9.59 Å². The maximum atomic E-state index is 14.4. The number of carbonyl (C=O) groups is 2. The fourth-order valence-corrected chi connectivity index (χ4v) is 3.81. The smallest absolute Gasteiger partial charge is 0.267 e. The van der Waals surface area contributed by atoms with Crippen molar-refractivity contribution in [2.75, 3.05) is 5.32 Å². The molecular formula is C20H21FN6O2. The predicted molar refractivity (Wildman–Crippen MR) is 105 cm³/mol. The van der Waals surface area contributed by atoms with E-state index in [0.29, 0.717) is 11.7 Å². The number of aromatic nitrogens is 4. The van der Waals surface area contributed by atoms with E-state index in [1.165, 1.54) is 49.9 Å². The van der Waals surface area contributed by atoms with Gasteiger partial charge >= 0.3 is 0 Å². The van der Waals surface area contributed by atoms with Gasteiger partial charge in [-0.25, -0.2) is 14.1 Å². The Morgan fingerprint density at radius 2 is 2.07 bits per heavy atom. The molecule has 0 spiro atoms. The highest BCUT2D eigenvalue weighted by atomic mass is 19.1. The summed E-state index contributed by atoms with van der Waals surface area (Å²) in [6.45, 7) is 2.58. The monoisotopic (exact) mass is 396 g/mol. The Morgan fingerprint density at radius 1 is 1.31 bits per heavy atom. The summed E-state index contributed by atoms with van der Waals surface area (Å²) in [5, 5.41) is 10.9. The zero-order valence-electron chi connectivity index (χ0n) is 16.0. The molecule has 2 aromatic heterocycles. The second kappa shape index (κ2) is 7.57. The van der Waals surface area contributed by atoms with Crippen LogP contribution in [0.25, 0.3) is 10.9 Å². The van der Waals surface area contributed by atoms with Gasteiger partial charge in [-0.05, 0) is 43.9 Å². The number of anilines is 1. The standard InChI is InChI=1S/C20H21FN6O2/c1-11-19(25-26-27(11)10-12-5-2-3-6-12)24-20(29)13-9-16(18(22)28)23-15-8-4-7-14(21)17(13)15/h4,7-9,12H,2-3,5-6,10H2,1H3,(H2,22,28)(H,24,29). The second-order valence-electron chi connectivity index (χ2n) is 7.36. The summed E-state index contributed by atoms with van der Waals surface area (Å²) in [7, 11) is 0. The van der Waals surface area contributed by atoms with Gasteiger partial charge in [0, 0.05) is 11.9 Å². The van der Waals surface area contributed by atoms with Crippen LogP contribution in [0.3, 0.4) is 0 Å². The molecule has 4 rings (SSSR count). The number of nitrogens with one attached hydrogen (secondary N) is 1. The lowest BCUT2D eigenvalue weighted by atomic mass is 10.1. The third-order valence-corrected chi connectivity index (χ3v) is 5.40. The molecule has 0 saturated heterocycles. The minimum Gasteiger partial charge on any atom is -0.364 e. The van der Waals surface area contributed by atoms with Crippen LogP contribution < -0.4 is 11.1 Å². The van der Waals surface area contributed by atoms with Crippen LogP contribution in [0.4, 0.5) is 10.2 Å². The quantitative estimate of drug-likeness (QED) is 0.688. The van der Waals surface area contributed by atoms with Gasteiger partial charge in [0.15, 0.2) is 5.82 Å². The average molecular weight is 396 g/mol. The first-order valence-electron chi connectivity index (χ1n) is 9.54. The number of nitrogens with two attached hydrogens (primary N) is 1. The minimum absolute atomic E-state index is 0.0194. The van der Waals surface area contributed by atoms with E-state index in [1.54, 1.807) is 4.68 Å². The van der Waals surface area contributed by atoms with E-state index in [-0.39, 0.29) is 22.2 Å². The number of hydrogen-bond acceptors (Lipinski definition) is 5. The molecule has 0 aliphatic heterocycles. The van der Waals surface area contributed by atoms with Crippen molar-refractivity contribution in [3.63, 3.8) is 0 Å². The van der Waals surface area contributed by atoms with Gasteiger partial charge in [0.05, 0.1) is 16.8 Å². The Morgan fingerprint density at radius 3 is 2.79 bits per heavy atom. The van der Waals surface area contributed by atoms with Crippen LogP contribution in [0, 0.1) is 18.7 Å². The van der Waals surface area contributed by atoms with Crippen molar-refractivity contribution in [2.24, 2.45) is 11.7 Å². The second-order valence-corrected chi connectivity index (χ2v) is 7.36. The molecule has 1 aliphatic carbocycles. The molecule has 2 heterocycles. The van der Waals surface area contributed by atoms with Gasteiger partial charge in [0.25, 0.3) is 11.8 Å². The summed E-state index contributed by atoms with van der Waals surface area (Å²) in [4.78, 5) is 28.6. The third kappa shape index (κ3) is 3.67. The number of hydrogen-bond donors (Lipinski definition) is 2. The molecule has 0 bridgehead atoms. The Bertz CT molecular complexity index is 1100. The van der Waals surface area contributed by atoms with Crippen molar-refractivity contribution in [1.82, 2.24) is 20.0 Å². The molecule has 8 nitrogen and oxygen atoms in total. The zero-order chi connectivity index (χ0) is 20.5. The topological polar surface area (TPSA) is 116 Å². The van der Waals surface area contributed by atoms with Gasteiger partial charge in [-0.15, -0.1) is 5.10 Å². The number of amides is 2. The molecule has 1 saturated carbocycles. The van der Waals surface area contributed by atoms with Crippen molar-refractivity contribution >= 4 is 28.5 Å². The first-order valence-corrected chi connectivity index (χ1v) is 9.54. The molecule has 0 radical (unpaired) electrons. The van der Waals surface area contributed by atoms with Crippen LogP contribution in [0.15, 0.2) is 24.3 Å². The number of carbonyl (C=O) groups excluding carboxylic acids is 2. The van der Waals surface area contributed by atoms with Gasteiger partial charge in [-0.2, -0.15) is 0 Å². The van der Waals surface area contributed by atoms with Crippen LogP contribution in [-0.4, -0.2) is 31.8 Å². The number of fused-ring (bicyclic) bond motifs is 1. The molecule has 150 valence electrons. The van der Waals surface area contributed by atoms with Gasteiger partial charge < -0.3 is 11.1 Å². The van der Waals surface area contributed by atoms with Crippen molar-refractivity contribution in [1.29, 1.82) is 0 Å². The third-order valence-electron chi connectivity index (χ3n) is 5.40. The van der Waals surface area contributed by atoms with E-state index in [0.717, 1.165) is 12.2 Å². The fraction of sp³-hybridized carbons (Fsp3) is 0.350. The van der Waals surface area contributed by atoms with Gasteiger partial charge in [-0.1, -0.05) is 24.1 Å². The van der Waals surface area contributed by atoms with Crippen molar-refractivity contribution in [3.8, 4) is 0 Å². The summed E-state index contributed by atoms with van der Waals surface area (Å²) < 4.78 is 16.2. The van der Waals surface area contributed by atoms with Gasteiger partial charge in [0.1, 0.15) is 11.5 Å². The Balaban J connectivity index is 1.66.